The van der Waals surface area contributed by atoms with Crippen LogP contribution >= 0.6 is 11.8 Å². The Bertz CT molecular complexity index is 831. The molecular weight excluding hydrogens is 318 g/mol. The third-order valence-electron chi connectivity index (χ3n) is 3.55. The van der Waals surface area contributed by atoms with E-state index in [1.54, 1.807) is 23.9 Å². The number of nitrogens with zero attached hydrogens (tertiary/aromatic N) is 1. The van der Waals surface area contributed by atoms with Crippen LogP contribution in [0.1, 0.15) is 16.7 Å². The molecule has 0 amide bonds. The van der Waals surface area contributed by atoms with Crippen LogP contribution in [0.4, 0.5) is 0 Å². The number of hydrogen-bond donors (Lipinski definition) is 0. The van der Waals surface area contributed by atoms with Crippen molar-refractivity contribution in [3.05, 3.63) is 77.0 Å². The van der Waals surface area contributed by atoms with Crippen LogP contribution in [0.5, 0.6) is 0 Å². The number of carbonyl (C=O) groups is 1. The molecule has 0 saturated heterocycles. The molecule has 0 aliphatic carbocycles. The van der Waals surface area contributed by atoms with Crippen LogP contribution in [0.15, 0.2) is 70.2 Å². The molecule has 0 radical (unpaired) electrons. The molecule has 0 atom stereocenters. The van der Waals surface area contributed by atoms with Gasteiger partial charge in [0.15, 0.2) is 5.70 Å². The van der Waals surface area contributed by atoms with Crippen LogP contribution in [0.3, 0.4) is 0 Å². The summed E-state index contributed by atoms with van der Waals surface area (Å²) in [5.74, 6) is -0.111. The molecule has 0 bridgehead atoms. The first-order valence-electron chi connectivity index (χ1n) is 7.55. The monoisotopic (exact) mass is 335 g/mol. The van der Waals surface area contributed by atoms with Gasteiger partial charge in [-0.1, -0.05) is 42.0 Å². The van der Waals surface area contributed by atoms with Gasteiger partial charge in [0.05, 0.1) is 0 Å². The van der Waals surface area contributed by atoms with E-state index in [2.05, 4.69) is 4.99 Å². The number of aliphatic imine (C=N–C) groups is 1. The van der Waals surface area contributed by atoms with E-state index in [-0.39, 0.29) is 0 Å². The first kappa shape index (κ1) is 16.3. The normalized spacial score (nSPS) is 15.8. The van der Waals surface area contributed by atoms with Crippen molar-refractivity contribution in [1.82, 2.24) is 0 Å². The Kier molecular flexibility index (Phi) is 4.96. The molecule has 0 unspecified atom stereocenters. The van der Waals surface area contributed by atoms with Crippen molar-refractivity contribution in [1.29, 1.82) is 0 Å². The summed E-state index contributed by atoms with van der Waals surface area (Å²) in [7, 11) is 0. The zero-order valence-electron chi connectivity index (χ0n) is 13.5. The molecule has 3 rings (SSSR count). The number of esters is 1. The highest BCUT2D eigenvalue weighted by Crippen LogP contribution is 2.19. The number of ether oxygens (including phenoxy) is 1. The SMILES string of the molecule is CSc1ccc(/C=C2N=C(/C=C/c3ccc(C)cc3)OC\2=O)cc1. The molecule has 0 fully saturated rings. The van der Waals surface area contributed by atoms with Crippen LogP contribution in [0, 0.1) is 6.92 Å². The number of benzene rings is 2. The Morgan fingerprint density at radius 3 is 2.29 bits per heavy atom. The molecule has 0 aromatic heterocycles. The molecule has 1 aliphatic heterocycles. The van der Waals surface area contributed by atoms with Crippen molar-refractivity contribution in [2.24, 2.45) is 4.99 Å². The van der Waals surface area contributed by atoms with Crippen molar-refractivity contribution in [3.8, 4) is 0 Å². The van der Waals surface area contributed by atoms with Gasteiger partial charge in [-0.15, -0.1) is 11.8 Å². The first-order chi connectivity index (χ1) is 11.6. The van der Waals surface area contributed by atoms with Gasteiger partial charge in [0.2, 0.25) is 5.90 Å². The second kappa shape index (κ2) is 7.32. The highest BCUT2D eigenvalue weighted by Gasteiger charge is 2.20. The largest absolute Gasteiger partial charge is 0.403 e. The Hall–Kier alpha value is -2.59. The Labute approximate surface area is 145 Å². The molecule has 0 saturated carbocycles. The van der Waals surface area contributed by atoms with Gasteiger partial charge in [-0.2, -0.15) is 0 Å². The number of thioether (sulfide) groups is 1. The van der Waals surface area contributed by atoms with Gasteiger partial charge in [0.1, 0.15) is 0 Å². The number of carbonyl (C=O) groups excluding carboxylic acids is 1. The summed E-state index contributed by atoms with van der Waals surface area (Å²) in [5.41, 5.74) is 3.47. The predicted molar refractivity (Wildman–Crippen MR) is 99.9 cm³/mol. The third-order valence-corrected chi connectivity index (χ3v) is 4.30. The number of rotatable bonds is 4. The first-order valence-corrected chi connectivity index (χ1v) is 8.78. The lowest BCUT2D eigenvalue weighted by atomic mass is 10.1. The number of aryl methyl sites for hydroxylation is 1. The van der Waals surface area contributed by atoms with E-state index >= 15 is 0 Å². The summed E-state index contributed by atoms with van der Waals surface area (Å²) in [6, 6.07) is 16.0. The smallest absolute Gasteiger partial charge is 0.363 e. The van der Waals surface area contributed by atoms with Crippen LogP contribution < -0.4 is 0 Å². The molecule has 2 aromatic rings. The molecule has 1 heterocycles. The molecule has 2 aromatic carbocycles. The summed E-state index contributed by atoms with van der Waals surface area (Å²) < 4.78 is 5.19. The predicted octanol–water partition coefficient (Wildman–Crippen LogP) is 4.73. The van der Waals surface area contributed by atoms with Crippen LogP contribution in [0.2, 0.25) is 0 Å². The van der Waals surface area contributed by atoms with Crippen molar-refractivity contribution in [2.45, 2.75) is 11.8 Å². The molecular formula is C20H17NO2S. The third kappa shape index (κ3) is 4.03. The lowest BCUT2D eigenvalue weighted by Crippen LogP contribution is -2.01. The number of cyclic esters (lactones) is 1. The fourth-order valence-corrected chi connectivity index (χ4v) is 2.61. The minimum atomic E-state index is -0.424. The van der Waals surface area contributed by atoms with Crippen LogP contribution in [-0.2, 0) is 9.53 Å². The minimum absolute atomic E-state index is 0.313. The Morgan fingerprint density at radius 2 is 1.62 bits per heavy atom. The summed E-state index contributed by atoms with van der Waals surface area (Å²) in [5, 5.41) is 0. The molecule has 3 nitrogen and oxygen atoms in total. The van der Waals surface area contributed by atoms with Gasteiger partial charge in [0, 0.05) is 11.0 Å². The lowest BCUT2D eigenvalue weighted by Gasteiger charge is -1.97. The zero-order chi connectivity index (χ0) is 16.9. The fourth-order valence-electron chi connectivity index (χ4n) is 2.20. The number of hydrogen-bond acceptors (Lipinski definition) is 4. The van der Waals surface area contributed by atoms with E-state index in [1.165, 1.54) is 10.5 Å². The van der Waals surface area contributed by atoms with E-state index in [9.17, 15) is 4.79 Å². The Morgan fingerprint density at radius 1 is 0.958 bits per heavy atom. The summed E-state index contributed by atoms with van der Waals surface area (Å²) in [6.45, 7) is 2.04. The topological polar surface area (TPSA) is 38.7 Å². The van der Waals surface area contributed by atoms with E-state index in [4.69, 9.17) is 4.74 Å². The van der Waals surface area contributed by atoms with Gasteiger partial charge in [0.25, 0.3) is 0 Å². The summed E-state index contributed by atoms with van der Waals surface area (Å²) in [6.07, 6.45) is 7.35. The maximum absolute atomic E-state index is 11.9. The fraction of sp³-hybridized carbons (Fsp3) is 0.100. The standard InChI is InChI=1S/C20H17NO2S/c1-14-3-5-15(6-4-14)9-12-19-21-18(20(22)23-19)13-16-7-10-17(24-2)11-8-16/h3-13H,1-2H3/b12-9+,18-13-. The molecule has 120 valence electrons. The van der Waals surface area contributed by atoms with Crippen molar-refractivity contribution < 1.29 is 9.53 Å². The average molecular weight is 335 g/mol. The summed E-state index contributed by atoms with van der Waals surface area (Å²) >= 11 is 1.68. The second-order valence-electron chi connectivity index (χ2n) is 5.39. The maximum atomic E-state index is 11.9. The highest BCUT2D eigenvalue weighted by atomic mass is 32.2. The quantitative estimate of drug-likeness (QED) is 0.461. The lowest BCUT2D eigenvalue weighted by molar-refractivity contribution is -0.129. The molecule has 0 N–H and O–H groups in total. The van der Waals surface area contributed by atoms with Gasteiger partial charge in [-0.3, -0.25) is 0 Å². The van der Waals surface area contributed by atoms with Crippen molar-refractivity contribution in [3.63, 3.8) is 0 Å². The minimum Gasteiger partial charge on any atom is -0.403 e. The molecule has 1 aliphatic rings. The molecule has 0 spiro atoms. The van der Waals surface area contributed by atoms with Gasteiger partial charge >= 0.3 is 5.97 Å². The van der Waals surface area contributed by atoms with E-state index in [0.717, 1.165) is 11.1 Å². The second-order valence-corrected chi connectivity index (χ2v) is 6.27. The molecule has 24 heavy (non-hydrogen) atoms. The Balaban J connectivity index is 1.76. The van der Waals surface area contributed by atoms with Gasteiger partial charge in [-0.25, -0.2) is 9.79 Å². The van der Waals surface area contributed by atoms with E-state index in [0.29, 0.717) is 11.6 Å². The zero-order valence-corrected chi connectivity index (χ0v) is 14.3. The van der Waals surface area contributed by atoms with Gasteiger partial charge < -0.3 is 4.74 Å². The van der Waals surface area contributed by atoms with Crippen LogP contribution in [0.25, 0.3) is 12.2 Å². The van der Waals surface area contributed by atoms with Crippen molar-refractivity contribution in [2.75, 3.05) is 6.26 Å². The highest BCUT2D eigenvalue weighted by molar-refractivity contribution is 7.98. The van der Waals surface area contributed by atoms with Gasteiger partial charge in [-0.05, 0) is 48.6 Å². The van der Waals surface area contributed by atoms with E-state index < -0.39 is 5.97 Å². The van der Waals surface area contributed by atoms with E-state index in [1.807, 2.05) is 67.8 Å². The van der Waals surface area contributed by atoms with Crippen LogP contribution in [-0.4, -0.2) is 18.1 Å². The molecule has 4 heteroatoms. The average Bonchev–Trinajstić information content (AvgIpc) is 2.95. The summed E-state index contributed by atoms with van der Waals surface area (Å²) in [4.78, 5) is 17.4. The van der Waals surface area contributed by atoms with Crippen molar-refractivity contribution >= 4 is 35.8 Å². The maximum Gasteiger partial charge on any atom is 0.363 e.